The maximum absolute atomic E-state index is 13.2. The molecule has 2 aliphatic heterocycles. The summed E-state index contributed by atoms with van der Waals surface area (Å²) in [6.07, 6.45) is 13.9. The molecular formula is C32H40O8. The molecule has 40 heavy (non-hydrogen) atoms. The van der Waals surface area contributed by atoms with E-state index >= 15 is 0 Å². The second kappa shape index (κ2) is 8.96. The highest BCUT2D eigenvalue weighted by Crippen LogP contribution is 2.61. The quantitative estimate of drug-likeness (QED) is 0.156. The van der Waals surface area contributed by atoms with Crippen LogP contribution in [-0.4, -0.2) is 47.3 Å². The number of epoxide rings is 2. The summed E-state index contributed by atoms with van der Waals surface area (Å²) in [6, 6.07) is 0. The fourth-order valence-electron chi connectivity index (χ4n) is 8.14. The van der Waals surface area contributed by atoms with Crippen LogP contribution in [0.4, 0.5) is 0 Å². The van der Waals surface area contributed by atoms with Crippen LogP contribution in [0.2, 0.25) is 0 Å². The molecule has 6 aliphatic rings. The van der Waals surface area contributed by atoms with Crippen molar-refractivity contribution >= 4 is 23.9 Å². The summed E-state index contributed by atoms with van der Waals surface area (Å²) in [7, 11) is 0. The fraction of sp³-hybridized carbons (Fsp3) is 0.688. The van der Waals surface area contributed by atoms with E-state index in [1.165, 1.54) is 0 Å². The lowest BCUT2D eigenvalue weighted by molar-refractivity contribution is -0.166. The van der Waals surface area contributed by atoms with Gasteiger partial charge in [0.25, 0.3) is 0 Å². The first-order valence-corrected chi connectivity index (χ1v) is 14.6. The van der Waals surface area contributed by atoms with Crippen LogP contribution in [0, 0.1) is 46.3 Å². The van der Waals surface area contributed by atoms with Crippen LogP contribution in [0.1, 0.15) is 67.2 Å². The lowest BCUT2D eigenvalue weighted by Crippen LogP contribution is -2.44. The van der Waals surface area contributed by atoms with E-state index in [1.807, 2.05) is 41.5 Å². The summed E-state index contributed by atoms with van der Waals surface area (Å²) in [4.78, 5) is 51.6. The summed E-state index contributed by atoms with van der Waals surface area (Å²) >= 11 is 0. The predicted molar refractivity (Wildman–Crippen MR) is 143 cm³/mol. The molecule has 8 nitrogen and oxygen atoms in total. The summed E-state index contributed by atoms with van der Waals surface area (Å²) in [5.74, 6) is -1.31. The van der Waals surface area contributed by atoms with Crippen molar-refractivity contribution in [1.29, 1.82) is 0 Å². The Hall–Kier alpha value is -2.58. The molecule has 0 amide bonds. The average molecular weight is 553 g/mol. The Bertz CT molecular complexity index is 1140. The van der Waals surface area contributed by atoms with Gasteiger partial charge in [0.05, 0.1) is 0 Å². The van der Waals surface area contributed by atoms with E-state index < -0.39 is 45.9 Å². The number of ether oxygens (including phenoxy) is 4. The molecule has 0 aromatic carbocycles. The third-order valence-corrected chi connectivity index (χ3v) is 10.3. The zero-order chi connectivity index (χ0) is 28.8. The van der Waals surface area contributed by atoms with Gasteiger partial charge in [-0.05, 0) is 61.2 Å². The number of carbonyl (C=O) groups is 4. The van der Waals surface area contributed by atoms with E-state index in [-0.39, 0.29) is 24.0 Å². The van der Waals surface area contributed by atoms with E-state index in [2.05, 4.69) is 24.3 Å². The standard InChI is InChI=1S/C32H40O8/c1-29(2,3)31(25(39-31)21-15-17-7-9-19(21)13-17)27(35)37-23(33)11-12-24(34)38-28(36)32(30(4,5)6)26(40-32)22-16-18-8-10-20(22)14-18/h7-12,17-22,25-26H,13-16H2,1-6H3/b12-11-. The van der Waals surface area contributed by atoms with E-state index in [9.17, 15) is 19.2 Å². The molecule has 4 aliphatic carbocycles. The van der Waals surface area contributed by atoms with Gasteiger partial charge in [-0.15, -0.1) is 0 Å². The number of esters is 4. The van der Waals surface area contributed by atoms with Crippen molar-refractivity contribution in [3.05, 3.63) is 36.5 Å². The third kappa shape index (κ3) is 4.16. The van der Waals surface area contributed by atoms with Crippen LogP contribution >= 0.6 is 0 Å². The second-order valence-corrected chi connectivity index (χ2v) is 14.7. The Balaban J connectivity index is 1.06. The predicted octanol–water partition coefficient (Wildman–Crippen LogP) is 4.47. The van der Waals surface area contributed by atoms with Crippen LogP contribution < -0.4 is 0 Å². The Morgan fingerprint density at radius 1 is 0.650 bits per heavy atom. The number of allylic oxidation sites excluding steroid dienone is 4. The van der Waals surface area contributed by atoms with Crippen molar-refractivity contribution in [2.45, 2.75) is 90.6 Å². The maximum atomic E-state index is 13.2. The molecule has 2 saturated carbocycles. The lowest BCUT2D eigenvalue weighted by atomic mass is 9.73. The lowest BCUT2D eigenvalue weighted by Gasteiger charge is -2.28. The topological polar surface area (TPSA) is 112 Å². The molecule has 0 radical (unpaired) electrons. The molecule has 0 spiro atoms. The van der Waals surface area contributed by atoms with Crippen LogP contribution in [0.3, 0.4) is 0 Å². The van der Waals surface area contributed by atoms with Gasteiger partial charge < -0.3 is 18.9 Å². The van der Waals surface area contributed by atoms with Crippen LogP contribution in [-0.2, 0) is 38.1 Å². The van der Waals surface area contributed by atoms with E-state index in [0.717, 1.165) is 37.8 Å². The molecule has 0 aromatic heterocycles. The number of hydrogen-bond acceptors (Lipinski definition) is 8. The van der Waals surface area contributed by atoms with Gasteiger partial charge >= 0.3 is 23.9 Å². The Morgan fingerprint density at radius 2 is 1.02 bits per heavy atom. The number of rotatable bonds is 6. The molecule has 2 heterocycles. The van der Waals surface area contributed by atoms with Crippen LogP contribution in [0.25, 0.3) is 0 Å². The van der Waals surface area contributed by atoms with Gasteiger partial charge in [-0.25, -0.2) is 19.2 Å². The zero-order valence-corrected chi connectivity index (χ0v) is 24.2. The Labute approximate surface area is 235 Å². The summed E-state index contributed by atoms with van der Waals surface area (Å²) in [5.41, 5.74) is -3.62. The summed E-state index contributed by atoms with van der Waals surface area (Å²) in [5, 5.41) is 0. The van der Waals surface area contributed by atoms with Gasteiger partial charge in [0.1, 0.15) is 12.2 Å². The number of hydrogen-bond donors (Lipinski definition) is 0. The monoisotopic (exact) mass is 552 g/mol. The van der Waals surface area contributed by atoms with Crippen molar-refractivity contribution in [2.75, 3.05) is 0 Å². The van der Waals surface area contributed by atoms with Crippen LogP contribution in [0.15, 0.2) is 36.5 Å². The largest absolute Gasteiger partial charge is 0.388 e. The molecule has 4 bridgehead atoms. The smallest absolute Gasteiger partial charge is 0.349 e. The Morgan fingerprint density at radius 3 is 1.30 bits per heavy atom. The first-order valence-electron chi connectivity index (χ1n) is 14.6. The van der Waals surface area contributed by atoms with Gasteiger partial charge in [0.15, 0.2) is 11.2 Å². The molecule has 8 heteroatoms. The minimum atomic E-state index is -1.22. The van der Waals surface area contributed by atoms with Gasteiger partial charge in [-0.2, -0.15) is 0 Å². The molecule has 4 fully saturated rings. The van der Waals surface area contributed by atoms with Gasteiger partial charge in [0, 0.05) is 23.0 Å². The van der Waals surface area contributed by atoms with Crippen molar-refractivity contribution < 1.29 is 38.1 Å². The van der Waals surface area contributed by atoms with Crippen LogP contribution in [0.5, 0.6) is 0 Å². The molecule has 6 rings (SSSR count). The first kappa shape index (κ1) is 27.6. The average Bonchev–Trinajstić information content (AvgIpc) is 3.52. The molecule has 2 saturated heterocycles. The molecule has 10 unspecified atom stereocenters. The highest BCUT2D eigenvalue weighted by atomic mass is 16.7. The molecule has 216 valence electrons. The molecule has 0 N–H and O–H groups in total. The van der Waals surface area contributed by atoms with E-state index in [4.69, 9.17) is 18.9 Å². The summed E-state index contributed by atoms with van der Waals surface area (Å²) in [6.45, 7) is 11.4. The Kier molecular flexibility index (Phi) is 6.18. The second-order valence-electron chi connectivity index (χ2n) is 14.7. The zero-order valence-electron chi connectivity index (χ0n) is 24.2. The normalized spacial score (nSPS) is 42.5. The van der Waals surface area contributed by atoms with Gasteiger partial charge in [-0.3, -0.25) is 0 Å². The van der Waals surface area contributed by atoms with Gasteiger partial charge in [-0.1, -0.05) is 65.8 Å². The van der Waals surface area contributed by atoms with Gasteiger partial charge in [0.2, 0.25) is 0 Å². The van der Waals surface area contributed by atoms with Crippen molar-refractivity contribution in [1.82, 2.24) is 0 Å². The number of fused-ring (bicyclic) bond motifs is 4. The third-order valence-electron chi connectivity index (χ3n) is 10.3. The van der Waals surface area contributed by atoms with E-state index in [0.29, 0.717) is 23.7 Å². The minimum absolute atomic E-state index is 0.215. The number of carbonyl (C=O) groups excluding carboxylic acids is 4. The minimum Gasteiger partial charge on any atom is -0.388 e. The maximum Gasteiger partial charge on any atom is 0.349 e. The van der Waals surface area contributed by atoms with E-state index in [1.54, 1.807) is 0 Å². The molecule has 10 atom stereocenters. The summed E-state index contributed by atoms with van der Waals surface area (Å²) < 4.78 is 22.4. The SMILES string of the molecule is CC(C)(C)C1(C(=O)OC(=O)/C=C\C(=O)OC(=O)C2(C(C)(C)C)OC2C2CC3C=CC2C3)OC1C1CC2C=CC1C2. The van der Waals surface area contributed by atoms with Crippen molar-refractivity contribution in [3.8, 4) is 0 Å². The van der Waals surface area contributed by atoms with Crippen molar-refractivity contribution in [3.63, 3.8) is 0 Å². The van der Waals surface area contributed by atoms with Crippen molar-refractivity contribution in [2.24, 2.45) is 46.3 Å². The first-order chi connectivity index (χ1) is 18.7. The fourth-order valence-corrected chi connectivity index (χ4v) is 8.14. The molecular weight excluding hydrogens is 512 g/mol. The molecule has 0 aromatic rings. The highest BCUT2D eigenvalue weighted by molar-refractivity contribution is 6.02. The highest BCUT2D eigenvalue weighted by Gasteiger charge is 2.75.